The van der Waals surface area contributed by atoms with Crippen molar-refractivity contribution >= 4 is 39.4 Å². The summed E-state index contributed by atoms with van der Waals surface area (Å²) in [5.41, 5.74) is 2.32. The fourth-order valence-electron chi connectivity index (χ4n) is 3.52. The first-order valence-electron chi connectivity index (χ1n) is 9.75. The Labute approximate surface area is 197 Å². The maximum Gasteiger partial charge on any atom is 0.305 e. The molecule has 0 amide bonds. The Balaban J connectivity index is 1.95. The minimum Gasteiger partial charge on any atom is -0.469 e. The zero-order chi connectivity index (χ0) is 22.7. The average molecular weight is 513 g/mol. The Morgan fingerprint density at radius 2 is 2.09 bits per heavy atom. The number of thioether (sulfide) groups is 1. The zero-order valence-electron chi connectivity index (χ0n) is 17.1. The number of aromatic nitrogens is 3. The van der Waals surface area contributed by atoms with Gasteiger partial charge in [-0.15, -0.1) is 16.6 Å². The van der Waals surface area contributed by atoms with E-state index >= 15 is 0 Å². The average Bonchev–Trinajstić information content (AvgIpc) is 3.16. The van der Waals surface area contributed by atoms with Crippen LogP contribution in [0.4, 0.5) is 4.39 Å². The monoisotopic (exact) mass is 512 g/mol. The molecule has 2 heterocycles. The van der Waals surface area contributed by atoms with Crippen LogP contribution in [-0.2, 0) is 9.53 Å². The molecule has 0 unspecified atom stereocenters. The number of fused-ring (bicyclic) bond motifs is 3. The smallest absolute Gasteiger partial charge is 0.305 e. The molecule has 4 rings (SSSR count). The highest BCUT2D eigenvalue weighted by molar-refractivity contribution is 9.10. The number of benzene rings is 2. The van der Waals surface area contributed by atoms with Gasteiger partial charge in [0.05, 0.1) is 24.3 Å². The molecule has 6 nitrogen and oxygen atoms in total. The van der Waals surface area contributed by atoms with Gasteiger partial charge in [0.2, 0.25) is 0 Å². The van der Waals surface area contributed by atoms with E-state index in [9.17, 15) is 9.18 Å². The summed E-state index contributed by atoms with van der Waals surface area (Å²) in [7, 11) is 1.34. The molecule has 9 heteroatoms. The van der Waals surface area contributed by atoms with E-state index in [1.807, 2.05) is 22.8 Å². The third kappa shape index (κ3) is 4.33. The Morgan fingerprint density at radius 1 is 1.28 bits per heavy atom. The number of terminal acetylenes is 1. The normalized spacial score (nSPS) is 14.6. The maximum atomic E-state index is 14.9. The number of hydrogen-bond acceptors (Lipinski definition) is 6. The van der Waals surface area contributed by atoms with Gasteiger partial charge in [-0.05, 0) is 36.8 Å². The summed E-state index contributed by atoms with van der Waals surface area (Å²) in [5.74, 6) is 2.83. The number of rotatable bonds is 6. The number of carbonyl (C=O) groups excluding carboxylic acids is 1. The second-order valence-corrected chi connectivity index (χ2v) is 8.78. The Kier molecular flexibility index (Phi) is 6.72. The number of halogens is 2. The van der Waals surface area contributed by atoms with Crippen LogP contribution in [0, 0.1) is 18.2 Å². The summed E-state index contributed by atoms with van der Waals surface area (Å²) < 4.78 is 22.4. The van der Waals surface area contributed by atoms with Gasteiger partial charge in [-0.25, -0.2) is 4.39 Å². The molecule has 1 aliphatic rings. The minimum atomic E-state index is -0.539. The molecule has 1 aliphatic heterocycles. The lowest BCUT2D eigenvalue weighted by Gasteiger charge is -2.14. The lowest BCUT2D eigenvalue weighted by Crippen LogP contribution is -2.10. The van der Waals surface area contributed by atoms with Crippen molar-refractivity contribution in [3.05, 3.63) is 69.7 Å². The number of hydrogen-bond donors (Lipinski definition) is 0. The molecule has 0 fully saturated rings. The van der Waals surface area contributed by atoms with Crippen LogP contribution in [0.3, 0.4) is 0 Å². The molecular formula is C23H18BrFN4O2S. The van der Waals surface area contributed by atoms with Crippen molar-refractivity contribution in [3.63, 3.8) is 0 Å². The third-order valence-corrected chi connectivity index (χ3v) is 6.29. The van der Waals surface area contributed by atoms with Crippen LogP contribution >= 0.6 is 27.7 Å². The van der Waals surface area contributed by atoms with E-state index in [1.165, 1.54) is 24.9 Å². The molecule has 3 aromatic rings. The van der Waals surface area contributed by atoms with Crippen molar-refractivity contribution in [1.82, 2.24) is 14.8 Å². The molecule has 2 aromatic carbocycles. The summed E-state index contributed by atoms with van der Waals surface area (Å²) in [6.07, 6.45) is 5.92. The molecule has 0 saturated carbocycles. The molecule has 0 bridgehead atoms. The topological polar surface area (TPSA) is 69.4 Å². The summed E-state index contributed by atoms with van der Waals surface area (Å²) in [4.78, 5) is 16.8. The standard InChI is InChI=1S/C23H18BrFN4O2S/c1-3-12-32-23-28-27-22-18(9-11-20(30)31-2)26-21(15-6-4-5-7-17(15)25)16-13-14(24)8-10-19(16)29(22)23/h1,4-8,10,13,18H,9,11-12H2,2H3/t18-/m0/s1. The lowest BCUT2D eigenvalue weighted by molar-refractivity contribution is -0.140. The molecule has 1 atom stereocenters. The van der Waals surface area contributed by atoms with Crippen molar-refractivity contribution in [1.29, 1.82) is 0 Å². The van der Waals surface area contributed by atoms with Crippen LogP contribution in [0.5, 0.6) is 0 Å². The molecular weight excluding hydrogens is 495 g/mol. The molecule has 0 radical (unpaired) electrons. The number of nitrogens with zero attached hydrogens (tertiary/aromatic N) is 4. The second-order valence-electron chi connectivity index (χ2n) is 6.92. The summed E-state index contributed by atoms with van der Waals surface area (Å²) in [6, 6.07) is 11.6. The van der Waals surface area contributed by atoms with Gasteiger partial charge in [-0.3, -0.25) is 14.4 Å². The van der Waals surface area contributed by atoms with E-state index < -0.39 is 6.04 Å². The van der Waals surface area contributed by atoms with Gasteiger partial charge in [0, 0.05) is 22.0 Å². The summed E-state index contributed by atoms with van der Waals surface area (Å²) >= 11 is 4.89. The van der Waals surface area contributed by atoms with Gasteiger partial charge in [-0.1, -0.05) is 45.7 Å². The van der Waals surface area contributed by atoms with Crippen molar-refractivity contribution < 1.29 is 13.9 Å². The van der Waals surface area contributed by atoms with E-state index in [2.05, 4.69) is 32.0 Å². The molecule has 0 saturated heterocycles. The van der Waals surface area contributed by atoms with E-state index in [0.717, 1.165) is 10.2 Å². The quantitative estimate of drug-likeness (QED) is 0.271. The van der Waals surface area contributed by atoms with E-state index in [4.69, 9.17) is 16.2 Å². The Morgan fingerprint density at radius 3 is 2.84 bits per heavy atom. The van der Waals surface area contributed by atoms with Crippen molar-refractivity contribution in [2.24, 2.45) is 4.99 Å². The minimum absolute atomic E-state index is 0.134. The molecule has 162 valence electrons. The number of carbonyl (C=O) groups is 1. The number of esters is 1. The third-order valence-electron chi connectivity index (χ3n) is 4.96. The lowest BCUT2D eigenvalue weighted by atomic mass is 10.00. The highest BCUT2D eigenvalue weighted by Crippen LogP contribution is 2.36. The van der Waals surface area contributed by atoms with Crippen molar-refractivity contribution in [2.75, 3.05) is 12.9 Å². The fourth-order valence-corrected chi connectivity index (χ4v) is 4.51. The predicted octanol–water partition coefficient (Wildman–Crippen LogP) is 4.74. The van der Waals surface area contributed by atoms with Crippen molar-refractivity contribution in [3.8, 4) is 18.0 Å². The Bertz CT molecular complexity index is 1250. The predicted molar refractivity (Wildman–Crippen MR) is 125 cm³/mol. The van der Waals surface area contributed by atoms with E-state index in [0.29, 0.717) is 40.0 Å². The van der Waals surface area contributed by atoms with Gasteiger partial charge in [0.15, 0.2) is 11.0 Å². The number of ether oxygens (including phenoxy) is 1. The van der Waals surface area contributed by atoms with Crippen LogP contribution in [0.25, 0.3) is 5.69 Å². The molecule has 0 N–H and O–H groups in total. The summed E-state index contributed by atoms with van der Waals surface area (Å²) in [6.45, 7) is 0. The Hall–Kier alpha value is -2.96. The van der Waals surface area contributed by atoms with Gasteiger partial charge in [-0.2, -0.15) is 0 Å². The van der Waals surface area contributed by atoms with Crippen LogP contribution in [0.1, 0.15) is 35.8 Å². The van der Waals surface area contributed by atoms with E-state index in [-0.39, 0.29) is 18.2 Å². The van der Waals surface area contributed by atoms with Crippen LogP contribution < -0.4 is 0 Å². The highest BCUT2D eigenvalue weighted by Gasteiger charge is 2.30. The van der Waals surface area contributed by atoms with Crippen LogP contribution in [0.2, 0.25) is 0 Å². The largest absolute Gasteiger partial charge is 0.469 e. The van der Waals surface area contributed by atoms with Gasteiger partial charge >= 0.3 is 5.97 Å². The second kappa shape index (κ2) is 9.67. The number of aliphatic imine (C=N–C) groups is 1. The molecule has 0 spiro atoms. The first kappa shape index (κ1) is 22.2. The van der Waals surface area contributed by atoms with Gasteiger partial charge in [0.1, 0.15) is 11.9 Å². The van der Waals surface area contributed by atoms with Crippen LogP contribution in [-0.4, -0.2) is 39.3 Å². The first-order chi connectivity index (χ1) is 15.5. The number of methoxy groups -OCH3 is 1. The molecule has 0 aliphatic carbocycles. The maximum absolute atomic E-state index is 14.9. The highest BCUT2D eigenvalue weighted by atomic mass is 79.9. The van der Waals surface area contributed by atoms with Crippen molar-refractivity contribution in [2.45, 2.75) is 24.0 Å². The van der Waals surface area contributed by atoms with Gasteiger partial charge in [0.25, 0.3) is 0 Å². The van der Waals surface area contributed by atoms with Gasteiger partial charge < -0.3 is 4.74 Å². The first-order valence-corrected chi connectivity index (χ1v) is 11.5. The SMILES string of the molecule is C#CCSc1nnc2n1-c1ccc(Br)cc1C(c1ccccc1F)=N[C@H]2CCC(=O)OC. The fraction of sp³-hybridized carbons (Fsp3) is 0.217. The molecule has 32 heavy (non-hydrogen) atoms. The van der Waals surface area contributed by atoms with Crippen LogP contribution in [0.15, 0.2) is 57.1 Å². The molecule has 1 aromatic heterocycles. The summed E-state index contributed by atoms with van der Waals surface area (Å²) in [5, 5.41) is 9.31. The zero-order valence-corrected chi connectivity index (χ0v) is 19.5. The van der Waals surface area contributed by atoms with E-state index in [1.54, 1.807) is 18.2 Å².